The zero-order valence-electron chi connectivity index (χ0n) is 13.0. The number of hydrogen-bond donors (Lipinski definition) is 1. The lowest BCUT2D eigenvalue weighted by Gasteiger charge is -2.31. The van der Waals surface area contributed by atoms with E-state index in [9.17, 15) is 0 Å². The van der Waals surface area contributed by atoms with Gasteiger partial charge in [-0.2, -0.15) is 0 Å². The predicted molar refractivity (Wildman–Crippen MR) is 89.0 cm³/mol. The van der Waals surface area contributed by atoms with Gasteiger partial charge in [0.05, 0.1) is 12.6 Å². The third kappa shape index (κ3) is 3.56. The molecule has 0 fully saturated rings. The fourth-order valence-electron chi connectivity index (χ4n) is 2.56. The van der Waals surface area contributed by atoms with Gasteiger partial charge in [-0.3, -0.25) is 0 Å². The molecule has 2 rings (SSSR count). The van der Waals surface area contributed by atoms with Crippen molar-refractivity contribution in [3.8, 4) is 5.75 Å². The topological polar surface area (TPSA) is 38.5 Å². The molecule has 1 atom stereocenters. The van der Waals surface area contributed by atoms with Gasteiger partial charge in [-0.05, 0) is 37.6 Å². The molecule has 3 heteroatoms. The number of hydrogen-bond acceptors (Lipinski definition) is 3. The van der Waals surface area contributed by atoms with Crippen LogP contribution in [0.4, 0.5) is 5.69 Å². The van der Waals surface area contributed by atoms with Crippen LogP contribution in [0.1, 0.15) is 24.1 Å². The minimum absolute atomic E-state index is 0.0922. The van der Waals surface area contributed by atoms with Gasteiger partial charge in [0.25, 0.3) is 0 Å². The molecule has 0 aliphatic rings. The van der Waals surface area contributed by atoms with Gasteiger partial charge in [-0.1, -0.05) is 30.3 Å². The molecular weight excluding hydrogens is 260 g/mol. The molecule has 2 aromatic rings. The highest BCUT2D eigenvalue weighted by molar-refractivity contribution is 5.51. The molecule has 0 saturated heterocycles. The second-order valence-corrected chi connectivity index (χ2v) is 5.17. The van der Waals surface area contributed by atoms with Crippen molar-refractivity contribution in [1.29, 1.82) is 0 Å². The lowest BCUT2D eigenvalue weighted by atomic mass is 10.0. The predicted octanol–water partition coefficient (Wildman–Crippen LogP) is 3.53. The number of aryl methyl sites for hydroxylation is 1. The first-order chi connectivity index (χ1) is 10.2. The van der Waals surface area contributed by atoms with Gasteiger partial charge in [0.1, 0.15) is 5.75 Å². The summed E-state index contributed by atoms with van der Waals surface area (Å²) in [6, 6.07) is 16.7. The van der Waals surface area contributed by atoms with Crippen LogP contribution in [-0.2, 0) is 0 Å². The summed E-state index contributed by atoms with van der Waals surface area (Å²) < 4.78 is 5.75. The Morgan fingerprint density at radius 3 is 2.57 bits per heavy atom. The number of ether oxygens (including phenoxy) is 1. The van der Waals surface area contributed by atoms with Gasteiger partial charge >= 0.3 is 0 Å². The molecule has 0 amide bonds. The quantitative estimate of drug-likeness (QED) is 0.882. The molecule has 2 N–H and O–H groups in total. The van der Waals surface area contributed by atoms with Crippen LogP contribution in [0.15, 0.2) is 48.5 Å². The first-order valence-electron chi connectivity index (χ1n) is 7.38. The number of para-hydroxylation sites is 1. The highest BCUT2D eigenvalue weighted by atomic mass is 16.5. The lowest BCUT2D eigenvalue weighted by Crippen LogP contribution is -2.30. The molecule has 3 nitrogen and oxygen atoms in total. The van der Waals surface area contributed by atoms with E-state index < -0.39 is 0 Å². The van der Waals surface area contributed by atoms with E-state index in [0.717, 1.165) is 17.0 Å². The van der Waals surface area contributed by atoms with Crippen molar-refractivity contribution in [3.05, 3.63) is 59.7 Å². The van der Waals surface area contributed by atoms with Gasteiger partial charge in [0.2, 0.25) is 0 Å². The van der Waals surface area contributed by atoms with E-state index in [1.54, 1.807) is 0 Å². The van der Waals surface area contributed by atoms with E-state index in [2.05, 4.69) is 49.2 Å². The Morgan fingerprint density at radius 1 is 1.14 bits per heavy atom. The van der Waals surface area contributed by atoms with Crippen LogP contribution in [0.25, 0.3) is 0 Å². The third-order valence-corrected chi connectivity index (χ3v) is 3.68. The van der Waals surface area contributed by atoms with E-state index in [0.29, 0.717) is 13.2 Å². The minimum atomic E-state index is 0.0922. The molecule has 0 bridgehead atoms. The van der Waals surface area contributed by atoms with Crippen LogP contribution in [0, 0.1) is 6.92 Å². The molecular formula is C18H24N2O. The molecule has 2 aromatic carbocycles. The average molecular weight is 284 g/mol. The second kappa shape index (κ2) is 7.14. The first kappa shape index (κ1) is 15.4. The van der Waals surface area contributed by atoms with Crippen LogP contribution in [0.5, 0.6) is 5.75 Å². The van der Waals surface area contributed by atoms with Gasteiger partial charge in [-0.25, -0.2) is 0 Å². The Kier molecular flexibility index (Phi) is 5.23. The molecule has 21 heavy (non-hydrogen) atoms. The summed E-state index contributed by atoms with van der Waals surface area (Å²) in [5.74, 6) is 0.912. The molecule has 0 saturated carbocycles. The molecule has 0 aromatic heterocycles. The zero-order valence-corrected chi connectivity index (χ0v) is 13.0. The number of benzene rings is 2. The Hall–Kier alpha value is -2.00. The monoisotopic (exact) mass is 284 g/mol. The number of nitrogens with zero attached hydrogens (tertiary/aromatic N) is 1. The fourth-order valence-corrected chi connectivity index (χ4v) is 2.56. The average Bonchev–Trinajstić information content (AvgIpc) is 2.50. The summed E-state index contributed by atoms with van der Waals surface area (Å²) >= 11 is 0. The summed E-state index contributed by atoms with van der Waals surface area (Å²) in [5, 5.41) is 0. The number of likely N-dealkylation sites (N-methyl/N-ethyl adjacent to an activating group) is 1. The molecule has 0 spiro atoms. The number of rotatable bonds is 6. The minimum Gasteiger partial charge on any atom is -0.494 e. The van der Waals surface area contributed by atoms with Crippen molar-refractivity contribution in [3.63, 3.8) is 0 Å². The Balaban J connectivity index is 2.35. The van der Waals surface area contributed by atoms with Gasteiger partial charge < -0.3 is 15.4 Å². The van der Waals surface area contributed by atoms with E-state index in [1.165, 1.54) is 5.56 Å². The molecule has 0 aliphatic carbocycles. The Labute approximate surface area is 127 Å². The van der Waals surface area contributed by atoms with E-state index in [1.807, 2.05) is 25.1 Å². The van der Waals surface area contributed by atoms with Crippen molar-refractivity contribution >= 4 is 5.69 Å². The van der Waals surface area contributed by atoms with Crippen LogP contribution < -0.4 is 15.4 Å². The van der Waals surface area contributed by atoms with E-state index >= 15 is 0 Å². The Morgan fingerprint density at radius 2 is 1.90 bits per heavy atom. The summed E-state index contributed by atoms with van der Waals surface area (Å²) in [6.45, 7) is 5.29. The third-order valence-electron chi connectivity index (χ3n) is 3.68. The van der Waals surface area contributed by atoms with Crippen LogP contribution >= 0.6 is 0 Å². The van der Waals surface area contributed by atoms with Gasteiger partial charge in [-0.15, -0.1) is 0 Å². The standard InChI is InChI=1S/C18H24N2O/c1-4-21-18-11-6-5-10-16(18)17(13-19)20(3)15-9-7-8-14(2)12-15/h5-12,17H,4,13,19H2,1-3H3. The van der Waals surface area contributed by atoms with Crippen molar-refractivity contribution < 1.29 is 4.74 Å². The van der Waals surface area contributed by atoms with Crippen molar-refractivity contribution in [1.82, 2.24) is 0 Å². The van der Waals surface area contributed by atoms with Crippen molar-refractivity contribution in [2.75, 3.05) is 25.1 Å². The molecule has 0 heterocycles. The van der Waals surface area contributed by atoms with Crippen LogP contribution in [-0.4, -0.2) is 20.2 Å². The highest BCUT2D eigenvalue weighted by Crippen LogP contribution is 2.31. The first-order valence-corrected chi connectivity index (χ1v) is 7.38. The van der Waals surface area contributed by atoms with Crippen LogP contribution in [0.2, 0.25) is 0 Å². The Bertz CT molecular complexity index is 583. The summed E-state index contributed by atoms with van der Waals surface area (Å²) in [5.41, 5.74) is 9.59. The number of anilines is 1. The van der Waals surface area contributed by atoms with Crippen molar-refractivity contribution in [2.24, 2.45) is 5.73 Å². The van der Waals surface area contributed by atoms with E-state index in [-0.39, 0.29) is 6.04 Å². The second-order valence-electron chi connectivity index (χ2n) is 5.17. The van der Waals surface area contributed by atoms with Crippen LogP contribution in [0.3, 0.4) is 0 Å². The lowest BCUT2D eigenvalue weighted by molar-refractivity contribution is 0.334. The molecule has 112 valence electrons. The van der Waals surface area contributed by atoms with Gasteiger partial charge in [0, 0.05) is 24.8 Å². The SMILES string of the molecule is CCOc1ccccc1C(CN)N(C)c1cccc(C)c1. The smallest absolute Gasteiger partial charge is 0.124 e. The summed E-state index contributed by atoms with van der Waals surface area (Å²) in [6.07, 6.45) is 0. The molecule has 0 aliphatic heterocycles. The zero-order chi connectivity index (χ0) is 15.2. The highest BCUT2D eigenvalue weighted by Gasteiger charge is 2.19. The maximum atomic E-state index is 6.05. The molecule has 0 radical (unpaired) electrons. The van der Waals surface area contributed by atoms with Crippen molar-refractivity contribution in [2.45, 2.75) is 19.9 Å². The summed E-state index contributed by atoms with van der Waals surface area (Å²) in [4.78, 5) is 2.21. The summed E-state index contributed by atoms with van der Waals surface area (Å²) in [7, 11) is 2.08. The number of nitrogens with two attached hydrogens (primary N) is 1. The van der Waals surface area contributed by atoms with Gasteiger partial charge in [0.15, 0.2) is 0 Å². The normalized spacial score (nSPS) is 12.0. The fraction of sp³-hybridized carbons (Fsp3) is 0.333. The maximum absolute atomic E-state index is 6.05. The van der Waals surface area contributed by atoms with E-state index in [4.69, 9.17) is 10.5 Å². The maximum Gasteiger partial charge on any atom is 0.124 e. The largest absolute Gasteiger partial charge is 0.494 e. The molecule has 1 unspecified atom stereocenters.